The molecule has 0 aromatic heterocycles. The Balaban J connectivity index is 1.93. The molecule has 3 aliphatic rings. The maximum atomic E-state index is 11.9. The summed E-state index contributed by atoms with van der Waals surface area (Å²) < 4.78 is 5.48. The SMILES string of the molecule is [NH]CCN1C(=O)C2C3C=CC(O3)C2C1=O. The third-order valence-corrected chi connectivity index (χ3v) is 3.34. The number of hydrogen-bond acceptors (Lipinski definition) is 3. The van der Waals surface area contributed by atoms with E-state index in [1.54, 1.807) is 0 Å². The zero-order chi connectivity index (χ0) is 10.6. The number of hydrogen-bond donors (Lipinski definition) is 0. The Hall–Kier alpha value is -1.20. The number of carbonyl (C=O) groups is 2. The molecule has 2 fully saturated rings. The van der Waals surface area contributed by atoms with Gasteiger partial charge in [0.05, 0.1) is 24.0 Å². The molecule has 79 valence electrons. The second kappa shape index (κ2) is 2.90. The molecule has 0 aliphatic carbocycles. The van der Waals surface area contributed by atoms with Crippen LogP contribution >= 0.6 is 0 Å². The van der Waals surface area contributed by atoms with E-state index in [-0.39, 0.29) is 48.9 Å². The molecule has 15 heavy (non-hydrogen) atoms. The summed E-state index contributed by atoms with van der Waals surface area (Å²) in [5.74, 6) is -0.957. The minimum absolute atomic E-state index is 0.0700. The van der Waals surface area contributed by atoms with E-state index in [2.05, 4.69) is 0 Å². The highest BCUT2D eigenvalue weighted by molar-refractivity contribution is 6.06. The van der Waals surface area contributed by atoms with Gasteiger partial charge in [-0.15, -0.1) is 0 Å². The summed E-state index contributed by atoms with van der Waals surface area (Å²) in [7, 11) is 0. The Kier molecular flexibility index (Phi) is 1.75. The summed E-state index contributed by atoms with van der Waals surface area (Å²) in [6.07, 6.45) is 3.29. The molecule has 4 atom stereocenters. The van der Waals surface area contributed by atoms with Gasteiger partial charge in [-0.3, -0.25) is 20.2 Å². The van der Waals surface area contributed by atoms with Crippen LogP contribution < -0.4 is 5.73 Å². The van der Waals surface area contributed by atoms with Crippen molar-refractivity contribution in [2.24, 2.45) is 11.8 Å². The van der Waals surface area contributed by atoms with Crippen LogP contribution in [-0.2, 0) is 14.3 Å². The van der Waals surface area contributed by atoms with Gasteiger partial charge in [0, 0.05) is 13.1 Å². The molecule has 3 heterocycles. The molecule has 5 nitrogen and oxygen atoms in total. The zero-order valence-corrected chi connectivity index (χ0v) is 8.05. The lowest BCUT2D eigenvalue weighted by atomic mass is 9.85. The van der Waals surface area contributed by atoms with Crippen molar-refractivity contribution in [3.63, 3.8) is 0 Å². The van der Waals surface area contributed by atoms with Crippen molar-refractivity contribution in [3.8, 4) is 0 Å². The van der Waals surface area contributed by atoms with Gasteiger partial charge in [-0.1, -0.05) is 12.2 Å². The zero-order valence-electron chi connectivity index (χ0n) is 8.05. The molecule has 2 amide bonds. The highest BCUT2D eigenvalue weighted by Crippen LogP contribution is 2.44. The van der Waals surface area contributed by atoms with Crippen LogP contribution in [0.25, 0.3) is 0 Å². The van der Waals surface area contributed by atoms with E-state index in [1.165, 1.54) is 4.90 Å². The van der Waals surface area contributed by atoms with E-state index in [0.29, 0.717) is 0 Å². The third kappa shape index (κ3) is 0.992. The fourth-order valence-corrected chi connectivity index (χ4v) is 2.70. The van der Waals surface area contributed by atoms with Crippen molar-refractivity contribution in [1.82, 2.24) is 10.6 Å². The lowest BCUT2D eigenvalue weighted by molar-refractivity contribution is -0.142. The van der Waals surface area contributed by atoms with E-state index in [9.17, 15) is 9.59 Å². The number of rotatable bonds is 2. The van der Waals surface area contributed by atoms with Crippen LogP contribution in [0, 0.1) is 11.8 Å². The second-order valence-corrected chi connectivity index (χ2v) is 4.08. The monoisotopic (exact) mass is 207 g/mol. The van der Waals surface area contributed by atoms with E-state index in [4.69, 9.17) is 10.5 Å². The predicted molar refractivity (Wildman–Crippen MR) is 49.5 cm³/mol. The minimum Gasteiger partial charge on any atom is -0.365 e. The highest BCUT2D eigenvalue weighted by atomic mass is 16.5. The molecule has 3 aliphatic heterocycles. The van der Waals surface area contributed by atoms with Gasteiger partial charge in [-0.25, -0.2) is 0 Å². The van der Waals surface area contributed by atoms with Gasteiger partial charge >= 0.3 is 0 Å². The topological polar surface area (TPSA) is 70.4 Å². The quantitative estimate of drug-likeness (QED) is 0.440. The van der Waals surface area contributed by atoms with E-state index in [1.807, 2.05) is 12.2 Å². The van der Waals surface area contributed by atoms with Crippen LogP contribution in [0.1, 0.15) is 0 Å². The Morgan fingerprint density at radius 2 is 1.73 bits per heavy atom. The number of ether oxygens (including phenoxy) is 1. The summed E-state index contributed by atoms with van der Waals surface area (Å²) in [6, 6.07) is 0. The van der Waals surface area contributed by atoms with Gasteiger partial charge in [-0.05, 0) is 0 Å². The van der Waals surface area contributed by atoms with E-state index in [0.717, 1.165) is 0 Å². The molecular formula is C10H11N2O3. The molecule has 0 aromatic rings. The summed E-state index contributed by atoms with van der Waals surface area (Å²) in [5, 5.41) is 0. The van der Waals surface area contributed by atoms with Crippen LogP contribution in [0.4, 0.5) is 0 Å². The van der Waals surface area contributed by atoms with Gasteiger partial charge < -0.3 is 4.74 Å². The Morgan fingerprint density at radius 3 is 2.20 bits per heavy atom. The summed E-state index contributed by atoms with van der Waals surface area (Å²) in [6.45, 7) is 0.282. The minimum atomic E-state index is -0.320. The molecule has 0 spiro atoms. The average Bonchev–Trinajstić information content (AvgIpc) is 2.87. The lowest BCUT2D eigenvalue weighted by Gasteiger charge is -2.15. The molecule has 1 N–H and O–H groups in total. The first-order chi connectivity index (χ1) is 7.24. The standard InChI is InChI=1S/C10H11N2O3/c11-3-4-12-9(13)7-5-1-2-6(15-5)8(7)10(12)14/h1-2,5-8,11H,3-4H2. The van der Waals surface area contributed by atoms with Gasteiger partial charge in [0.15, 0.2) is 0 Å². The van der Waals surface area contributed by atoms with Crippen molar-refractivity contribution < 1.29 is 14.3 Å². The molecule has 2 saturated heterocycles. The largest absolute Gasteiger partial charge is 0.365 e. The first kappa shape index (κ1) is 9.06. The first-order valence-electron chi connectivity index (χ1n) is 5.07. The van der Waals surface area contributed by atoms with Gasteiger partial charge in [0.25, 0.3) is 0 Å². The summed E-state index contributed by atoms with van der Waals surface area (Å²) >= 11 is 0. The maximum Gasteiger partial charge on any atom is 0.236 e. The maximum absolute atomic E-state index is 11.9. The lowest BCUT2D eigenvalue weighted by Crippen LogP contribution is -2.36. The molecule has 0 saturated carbocycles. The van der Waals surface area contributed by atoms with Crippen molar-refractivity contribution in [2.75, 3.05) is 13.1 Å². The third-order valence-electron chi connectivity index (χ3n) is 3.34. The van der Waals surface area contributed by atoms with Crippen LogP contribution in [-0.4, -0.2) is 42.0 Å². The van der Waals surface area contributed by atoms with Crippen molar-refractivity contribution >= 4 is 11.8 Å². The average molecular weight is 207 g/mol. The van der Waals surface area contributed by atoms with Gasteiger partial charge in [0.2, 0.25) is 11.8 Å². The highest BCUT2D eigenvalue weighted by Gasteiger charge is 2.60. The number of nitrogens with one attached hydrogen (secondary N) is 1. The van der Waals surface area contributed by atoms with Crippen LogP contribution in [0.2, 0.25) is 0 Å². The number of fused-ring (bicyclic) bond motifs is 5. The number of nitrogens with zero attached hydrogens (tertiary/aromatic N) is 1. The Labute approximate surface area is 86.9 Å². The van der Waals surface area contributed by atoms with Crippen molar-refractivity contribution in [2.45, 2.75) is 12.2 Å². The van der Waals surface area contributed by atoms with E-state index >= 15 is 0 Å². The smallest absolute Gasteiger partial charge is 0.236 e. The van der Waals surface area contributed by atoms with Crippen molar-refractivity contribution in [1.29, 1.82) is 0 Å². The molecule has 1 radical (unpaired) electrons. The van der Waals surface area contributed by atoms with Gasteiger partial charge in [-0.2, -0.15) is 0 Å². The summed E-state index contributed by atoms with van der Waals surface area (Å²) in [5.41, 5.74) is 7.08. The van der Waals surface area contributed by atoms with Crippen LogP contribution in [0.3, 0.4) is 0 Å². The molecular weight excluding hydrogens is 196 g/mol. The van der Waals surface area contributed by atoms with Crippen LogP contribution in [0.15, 0.2) is 12.2 Å². The molecule has 0 aromatic carbocycles. The first-order valence-corrected chi connectivity index (χ1v) is 5.07. The normalized spacial score (nSPS) is 41.8. The second-order valence-electron chi connectivity index (χ2n) is 4.08. The molecule has 5 heteroatoms. The predicted octanol–water partition coefficient (Wildman–Crippen LogP) is -0.792. The molecule has 2 bridgehead atoms. The fourth-order valence-electron chi connectivity index (χ4n) is 2.70. The molecule has 4 unspecified atom stereocenters. The van der Waals surface area contributed by atoms with Crippen molar-refractivity contribution in [3.05, 3.63) is 12.2 Å². The Bertz CT molecular complexity index is 336. The Morgan fingerprint density at radius 1 is 1.20 bits per heavy atom. The van der Waals surface area contributed by atoms with Gasteiger partial charge in [0.1, 0.15) is 0 Å². The molecule has 3 rings (SSSR count). The number of likely N-dealkylation sites (tertiary alicyclic amines) is 1. The number of carbonyl (C=O) groups excluding carboxylic acids is 2. The van der Waals surface area contributed by atoms with E-state index < -0.39 is 0 Å². The number of amides is 2. The summed E-state index contributed by atoms with van der Waals surface area (Å²) in [4.78, 5) is 25.0. The number of imide groups is 1. The van der Waals surface area contributed by atoms with Crippen LogP contribution in [0.5, 0.6) is 0 Å². The fraction of sp³-hybridized carbons (Fsp3) is 0.600.